The number of hydrogen-bond donors (Lipinski definition) is 5. The smallest absolute Gasteiger partial charge is 0.174 e. The topological polar surface area (TPSA) is 137 Å². The van der Waals surface area contributed by atoms with Gasteiger partial charge in [-0.3, -0.25) is 4.79 Å². The highest BCUT2D eigenvalue weighted by Gasteiger charge is 2.45. The number of hydrogen-bond acceptors (Lipinski definition) is 8. The van der Waals surface area contributed by atoms with Crippen molar-refractivity contribution in [3.63, 3.8) is 0 Å². The number of ether oxygens (including phenoxy) is 2. The van der Waals surface area contributed by atoms with Crippen LogP contribution in [0.3, 0.4) is 0 Å². The number of rotatable bonds is 3. The van der Waals surface area contributed by atoms with Crippen molar-refractivity contribution in [3.8, 4) is 28.7 Å². The number of carbonyl (C=O) groups excluding carboxylic acids is 1. The lowest BCUT2D eigenvalue weighted by molar-refractivity contribution is -0.112. The highest BCUT2D eigenvalue weighted by Crippen LogP contribution is 2.50. The van der Waals surface area contributed by atoms with Crippen molar-refractivity contribution in [2.24, 2.45) is 0 Å². The van der Waals surface area contributed by atoms with Crippen LogP contribution in [0.2, 0.25) is 0 Å². The van der Waals surface area contributed by atoms with Gasteiger partial charge in [-0.2, -0.15) is 0 Å². The van der Waals surface area contributed by atoms with E-state index in [9.17, 15) is 30.3 Å². The molecule has 33 heavy (non-hydrogen) atoms. The summed E-state index contributed by atoms with van der Waals surface area (Å²) in [5, 5.41) is 52.4. The number of aromatic hydroxyl groups is 3. The van der Waals surface area contributed by atoms with Crippen molar-refractivity contribution in [3.05, 3.63) is 52.1 Å². The van der Waals surface area contributed by atoms with Crippen molar-refractivity contribution in [2.45, 2.75) is 64.4 Å². The number of benzene rings is 2. The van der Waals surface area contributed by atoms with Crippen molar-refractivity contribution in [2.75, 3.05) is 0 Å². The lowest BCUT2D eigenvalue weighted by Gasteiger charge is -2.41. The van der Waals surface area contributed by atoms with Gasteiger partial charge >= 0.3 is 0 Å². The summed E-state index contributed by atoms with van der Waals surface area (Å²) in [7, 11) is 0. The number of ketones is 1. The van der Waals surface area contributed by atoms with E-state index in [1.54, 1.807) is 19.9 Å². The maximum Gasteiger partial charge on any atom is 0.174 e. The van der Waals surface area contributed by atoms with Crippen molar-refractivity contribution in [1.29, 1.82) is 0 Å². The summed E-state index contributed by atoms with van der Waals surface area (Å²) < 4.78 is 11.9. The molecule has 0 saturated heterocycles. The molecule has 2 unspecified atom stereocenters. The number of carbonyl (C=O) groups is 1. The van der Waals surface area contributed by atoms with Crippen LogP contribution in [0.15, 0.2) is 29.8 Å². The maximum atomic E-state index is 12.8. The molecule has 0 saturated carbocycles. The van der Waals surface area contributed by atoms with Crippen LogP contribution in [0.25, 0.3) is 0 Å². The summed E-state index contributed by atoms with van der Waals surface area (Å²) in [5.41, 5.74) is 0.953. The molecule has 0 spiro atoms. The second-order valence-electron chi connectivity index (χ2n) is 9.36. The van der Waals surface area contributed by atoms with Crippen LogP contribution < -0.4 is 9.47 Å². The SMILES string of the molecule is CC(C)=CCc1c([C@@H]2CC(=O)c3c(O)cc(O)cc3O2)cc2c(c1O)OC(C)(C)C(O)C2O. The molecule has 0 radical (unpaired) electrons. The van der Waals surface area contributed by atoms with Gasteiger partial charge < -0.3 is 35.0 Å². The number of phenols is 3. The molecule has 0 bridgehead atoms. The lowest BCUT2D eigenvalue weighted by Crippen LogP contribution is -2.48. The average Bonchev–Trinajstić information content (AvgIpc) is 2.71. The third-order valence-corrected chi connectivity index (χ3v) is 6.16. The summed E-state index contributed by atoms with van der Waals surface area (Å²) in [6, 6.07) is 3.90. The molecule has 0 fully saturated rings. The van der Waals surface area contributed by atoms with E-state index in [4.69, 9.17) is 9.47 Å². The van der Waals surface area contributed by atoms with Crippen LogP contribution in [0.4, 0.5) is 0 Å². The third-order valence-electron chi connectivity index (χ3n) is 6.16. The van der Waals surface area contributed by atoms with E-state index in [0.29, 0.717) is 17.5 Å². The fourth-order valence-electron chi connectivity index (χ4n) is 4.34. The Hall–Kier alpha value is -3.23. The van der Waals surface area contributed by atoms with Gasteiger partial charge in [0.15, 0.2) is 17.3 Å². The molecule has 8 nitrogen and oxygen atoms in total. The molecule has 176 valence electrons. The Kier molecular flexibility index (Phi) is 5.54. The van der Waals surface area contributed by atoms with Gasteiger partial charge in [0.05, 0.1) is 6.42 Å². The normalized spacial score (nSPS) is 23.1. The Morgan fingerprint density at radius 1 is 1.12 bits per heavy atom. The van der Waals surface area contributed by atoms with Crippen LogP contribution in [0, 0.1) is 0 Å². The summed E-state index contributed by atoms with van der Waals surface area (Å²) in [5.74, 6) is -1.11. The Morgan fingerprint density at radius 3 is 2.48 bits per heavy atom. The van der Waals surface area contributed by atoms with Gasteiger partial charge in [-0.1, -0.05) is 11.6 Å². The quantitative estimate of drug-likeness (QED) is 0.442. The van der Waals surface area contributed by atoms with Crippen molar-refractivity contribution >= 4 is 5.78 Å². The van der Waals surface area contributed by atoms with Gasteiger partial charge in [-0.25, -0.2) is 0 Å². The minimum absolute atomic E-state index is 0.0161. The van der Waals surface area contributed by atoms with Gasteiger partial charge in [-0.15, -0.1) is 0 Å². The zero-order valence-electron chi connectivity index (χ0n) is 18.9. The number of phenolic OH excluding ortho intramolecular Hbond substituents is 3. The molecule has 0 amide bonds. The number of aliphatic hydroxyl groups excluding tert-OH is 2. The molecule has 2 aliphatic rings. The Bertz CT molecular complexity index is 1160. The third kappa shape index (κ3) is 3.89. The second-order valence-corrected chi connectivity index (χ2v) is 9.36. The van der Waals surface area contributed by atoms with Crippen LogP contribution in [0.1, 0.15) is 73.4 Å². The lowest BCUT2D eigenvalue weighted by atomic mass is 9.83. The molecular formula is C25H28O8. The molecule has 2 aromatic rings. The van der Waals surface area contributed by atoms with Crippen LogP contribution >= 0.6 is 0 Å². The molecule has 0 aromatic heterocycles. The molecule has 2 aromatic carbocycles. The molecule has 5 N–H and O–H groups in total. The standard InChI is InChI=1S/C25H28O8/c1-11(2)5-6-13-14(9-15-22(30)24(31)25(3,4)33-23(15)21(13)29)18-10-17(28)20-16(27)7-12(26)8-19(20)32-18/h5,7-9,18,22,24,26-27,29-31H,6,10H2,1-4H3/t18-,22?,24?/m0/s1. The predicted molar refractivity (Wildman–Crippen MR) is 119 cm³/mol. The number of aliphatic hydroxyl groups is 2. The number of Topliss-reactive ketones (excluding diaryl/α,β-unsaturated/α-hetero) is 1. The largest absolute Gasteiger partial charge is 0.508 e. The van der Waals surface area contributed by atoms with Gasteiger partial charge in [0.2, 0.25) is 0 Å². The first-order chi connectivity index (χ1) is 15.4. The first-order valence-corrected chi connectivity index (χ1v) is 10.7. The van der Waals surface area contributed by atoms with E-state index in [0.717, 1.165) is 11.6 Å². The van der Waals surface area contributed by atoms with Gasteiger partial charge in [0.1, 0.15) is 46.7 Å². The van der Waals surface area contributed by atoms with Crippen molar-refractivity contribution < 1.29 is 39.8 Å². The van der Waals surface area contributed by atoms with E-state index >= 15 is 0 Å². The minimum atomic E-state index is -1.33. The predicted octanol–water partition coefficient (Wildman–Crippen LogP) is 3.58. The van der Waals surface area contributed by atoms with Gasteiger partial charge in [0, 0.05) is 28.8 Å². The molecule has 2 heterocycles. The van der Waals surface area contributed by atoms with Gasteiger partial charge in [-0.05, 0) is 40.2 Å². The summed E-state index contributed by atoms with van der Waals surface area (Å²) in [4.78, 5) is 12.8. The second kappa shape index (κ2) is 7.97. The zero-order valence-corrected chi connectivity index (χ0v) is 18.9. The van der Waals surface area contributed by atoms with Crippen LogP contribution in [-0.2, 0) is 6.42 Å². The summed E-state index contributed by atoms with van der Waals surface area (Å²) in [6.07, 6.45) is -1.35. The zero-order chi connectivity index (χ0) is 24.2. The molecule has 8 heteroatoms. The molecule has 4 rings (SSSR count). The highest BCUT2D eigenvalue weighted by atomic mass is 16.5. The molecular weight excluding hydrogens is 428 g/mol. The number of allylic oxidation sites excluding steroid dienone is 2. The fourth-order valence-corrected chi connectivity index (χ4v) is 4.34. The average molecular weight is 456 g/mol. The van der Waals surface area contributed by atoms with E-state index in [2.05, 4.69) is 0 Å². The maximum absolute atomic E-state index is 12.8. The summed E-state index contributed by atoms with van der Waals surface area (Å²) in [6.45, 7) is 7.06. The first kappa shape index (κ1) is 22.9. The van der Waals surface area contributed by atoms with E-state index in [-0.39, 0.29) is 52.1 Å². The molecule has 3 atom stereocenters. The van der Waals surface area contributed by atoms with E-state index < -0.39 is 23.9 Å². The van der Waals surface area contributed by atoms with E-state index in [1.165, 1.54) is 6.07 Å². The first-order valence-electron chi connectivity index (χ1n) is 10.7. The van der Waals surface area contributed by atoms with Gasteiger partial charge in [0.25, 0.3) is 0 Å². The highest BCUT2D eigenvalue weighted by molar-refractivity contribution is 6.02. The Labute approximate surface area is 191 Å². The summed E-state index contributed by atoms with van der Waals surface area (Å²) >= 11 is 0. The van der Waals surface area contributed by atoms with Crippen molar-refractivity contribution in [1.82, 2.24) is 0 Å². The van der Waals surface area contributed by atoms with Crippen LogP contribution in [0.5, 0.6) is 28.7 Å². The monoisotopic (exact) mass is 456 g/mol. The van der Waals surface area contributed by atoms with Crippen LogP contribution in [-0.4, -0.2) is 43.0 Å². The molecule has 0 aliphatic carbocycles. The Morgan fingerprint density at radius 2 is 1.82 bits per heavy atom. The fraction of sp³-hybridized carbons (Fsp3) is 0.400. The van der Waals surface area contributed by atoms with E-state index in [1.807, 2.05) is 19.9 Å². The number of fused-ring (bicyclic) bond motifs is 2. The minimum Gasteiger partial charge on any atom is -0.508 e. The molecule has 2 aliphatic heterocycles. The Balaban J connectivity index is 1.88.